The minimum absolute atomic E-state index is 0.565. The number of rotatable bonds is 2. The summed E-state index contributed by atoms with van der Waals surface area (Å²) in [7, 11) is 0. The summed E-state index contributed by atoms with van der Waals surface area (Å²) in [6, 6.07) is 3.32. The molecule has 0 radical (unpaired) electrons. The van der Waals surface area contributed by atoms with Gasteiger partial charge < -0.3 is 10.2 Å². The van der Waals surface area contributed by atoms with Crippen LogP contribution in [0.5, 0.6) is 0 Å². The number of hydrogen-bond donors (Lipinski definition) is 1. The van der Waals surface area contributed by atoms with E-state index in [1.807, 2.05) is 11.4 Å². The van der Waals surface area contributed by atoms with Crippen molar-refractivity contribution in [3.63, 3.8) is 0 Å². The van der Waals surface area contributed by atoms with Gasteiger partial charge in [-0.3, -0.25) is 0 Å². The molecule has 0 spiro atoms. The zero-order valence-corrected chi connectivity index (χ0v) is 12.5. The van der Waals surface area contributed by atoms with E-state index in [2.05, 4.69) is 31.3 Å². The van der Waals surface area contributed by atoms with Gasteiger partial charge in [0.1, 0.15) is 12.1 Å². The van der Waals surface area contributed by atoms with Crippen molar-refractivity contribution in [2.75, 3.05) is 18.0 Å². The molecular formula is C15H22N6. The van der Waals surface area contributed by atoms with Crippen molar-refractivity contribution in [2.45, 2.75) is 51.1 Å². The van der Waals surface area contributed by atoms with Crippen LogP contribution in [0.1, 0.15) is 37.8 Å². The van der Waals surface area contributed by atoms with E-state index in [-0.39, 0.29) is 0 Å². The highest BCUT2D eigenvalue weighted by Gasteiger charge is 2.33. The Bertz CT molecular complexity index is 630. The molecule has 2 unspecified atom stereocenters. The second-order valence-corrected chi connectivity index (χ2v) is 6.19. The summed E-state index contributed by atoms with van der Waals surface area (Å²) >= 11 is 0. The molecule has 21 heavy (non-hydrogen) atoms. The number of nitrogens with one attached hydrogen (secondary N) is 1. The van der Waals surface area contributed by atoms with Crippen LogP contribution < -0.4 is 10.2 Å². The molecule has 0 aromatic carbocycles. The molecule has 0 amide bonds. The van der Waals surface area contributed by atoms with Gasteiger partial charge in [-0.25, -0.2) is 4.98 Å². The van der Waals surface area contributed by atoms with Crippen molar-refractivity contribution in [1.82, 2.24) is 24.9 Å². The van der Waals surface area contributed by atoms with Crippen LogP contribution in [0.15, 0.2) is 12.4 Å². The first-order chi connectivity index (χ1) is 10.3. The van der Waals surface area contributed by atoms with E-state index >= 15 is 0 Å². The molecule has 2 aliphatic rings. The van der Waals surface area contributed by atoms with Crippen molar-refractivity contribution >= 4 is 11.6 Å². The highest BCUT2D eigenvalue weighted by atomic mass is 15.4. The fraction of sp³-hybridized carbons (Fsp3) is 0.667. The zero-order valence-electron chi connectivity index (χ0n) is 12.5. The molecule has 6 heteroatoms. The van der Waals surface area contributed by atoms with E-state index in [4.69, 9.17) is 0 Å². The Labute approximate surface area is 124 Å². The van der Waals surface area contributed by atoms with Crippen molar-refractivity contribution in [3.8, 4) is 0 Å². The Kier molecular flexibility index (Phi) is 3.25. The Morgan fingerprint density at radius 2 is 2.19 bits per heavy atom. The van der Waals surface area contributed by atoms with Crippen molar-refractivity contribution in [2.24, 2.45) is 0 Å². The largest absolute Gasteiger partial charge is 0.352 e. The van der Waals surface area contributed by atoms with Crippen LogP contribution in [0.4, 0.5) is 5.82 Å². The molecule has 2 saturated heterocycles. The Morgan fingerprint density at radius 3 is 3.05 bits per heavy atom. The van der Waals surface area contributed by atoms with Crippen LogP contribution in [0.2, 0.25) is 0 Å². The van der Waals surface area contributed by atoms with E-state index < -0.39 is 0 Å². The van der Waals surface area contributed by atoms with Gasteiger partial charge in [-0.05, 0) is 45.6 Å². The molecule has 2 fully saturated rings. The third kappa shape index (κ3) is 2.27. The fourth-order valence-electron chi connectivity index (χ4n) is 3.82. The molecular weight excluding hydrogens is 264 g/mol. The second-order valence-electron chi connectivity index (χ2n) is 6.19. The highest BCUT2D eigenvalue weighted by molar-refractivity contribution is 5.48. The lowest BCUT2D eigenvalue weighted by molar-refractivity contribution is 0.374. The maximum absolute atomic E-state index is 4.46. The lowest BCUT2D eigenvalue weighted by Crippen LogP contribution is -2.51. The number of aryl methyl sites for hydroxylation is 1. The molecule has 2 aromatic heterocycles. The molecule has 2 aromatic rings. The summed E-state index contributed by atoms with van der Waals surface area (Å²) in [4.78, 5) is 11.2. The van der Waals surface area contributed by atoms with Gasteiger partial charge in [-0.15, -0.1) is 0 Å². The predicted octanol–water partition coefficient (Wildman–Crippen LogP) is 1.54. The van der Waals surface area contributed by atoms with Gasteiger partial charge in [0.05, 0.1) is 0 Å². The standard InChI is InChI=1S/C15H22N6/c1-11-9-14(21-15(19-11)17-10-18-21)20-8-3-2-6-13(20)12-5-4-7-16-12/h9-10,12-13,16H,2-8H2,1H3. The monoisotopic (exact) mass is 286 g/mol. The maximum Gasteiger partial charge on any atom is 0.254 e. The molecule has 0 aliphatic carbocycles. The maximum atomic E-state index is 4.46. The third-order valence-corrected chi connectivity index (χ3v) is 4.77. The molecule has 2 aliphatic heterocycles. The van der Waals surface area contributed by atoms with E-state index in [1.165, 1.54) is 32.1 Å². The van der Waals surface area contributed by atoms with Gasteiger partial charge in [0.15, 0.2) is 0 Å². The van der Waals surface area contributed by atoms with Gasteiger partial charge in [0, 0.05) is 30.4 Å². The molecule has 4 rings (SSSR count). The topological polar surface area (TPSA) is 58.4 Å². The number of piperidine rings is 1. The van der Waals surface area contributed by atoms with Crippen LogP contribution >= 0.6 is 0 Å². The fourth-order valence-corrected chi connectivity index (χ4v) is 3.82. The SMILES string of the molecule is Cc1cc(N2CCCCC2C2CCCN2)n2ncnc2n1. The number of anilines is 1. The highest BCUT2D eigenvalue weighted by Crippen LogP contribution is 2.29. The van der Waals surface area contributed by atoms with Gasteiger partial charge in [0.25, 0.3) is 5.78 Å². The number of nitrogens with zero attached hydrogens (tertiary/aromatic N) is 5. The molecule has 6 nitrogen and oxygen atoms in total. The lowest BCUT2D eigenvalue weighted by atomic mass is 9.94. The van der Waals surface area contributed by atoms with Gasteiger partial charge in [-0.2, -0.15) is 14.6 Å². The average molecular weight is 286 g/mol. The number of fused-ring (bicyclic) bond motifs is 1. The molecule has 0 saturated carbocycles. The first-order valence-electron chi connectivity index (χ1n) is 8.00. The molecule has 2 atom stereocenters. The van der Waals surface area contributed by atoms with E-state index in [0.717, 1.165) is 24.6 Å². The summed E-state index contributed by atoms with van der Waals surface area (Å²) in [5.41, 5.74) is 1.01. The van der Waals surface area contributed by atoms with Crippen molar-refractivity contribution in [3.05, 3.63) is 18.1 Å². The Hall–Kier alpha value is -1.69. The molecule has 1 N–H and O–H groups in total. The van der Waals surface area contributed by atoms with Gasteiger partial charge >= 0.3 is 0 Å². The summed E-state index contributed by atoms with van der Waals surface area (Å²) < 4.78 is 1.89. The summed E-state index contributed by atoms with van der Waals surface area (Å²) in [5.74, 6) is 1.85. The van der Waals surface area contributed by atoms with Gasteiger partial charge in [-0.1, -0.05) is 0 Å². The normalized spacial score (nSPS) is 26.6. The third-order valence-electron chi connectivity index (χ3n) is 4.77. The van der Waals surface area contributed by atoms with Crippen LogP contribution in [-0.2, 0) is 0 Å². The van der Waals surface area contributed by atoms with Crippen molar-refractivity contribution < 1.29 is 0 Å². The van der Waals surface area contributed by atoms with E-state index in [9.17, 15) is 0 Å². The Morgan fingerprint density at radius 1 is 1.24 bits per heavy atom. The average Bonchev–Trinajstić information content (AvgIpc) is 3.17. The molecule has 4 heterocycles. The minimum atomic E-state index is 0.565. The van der Waals surface area contributed by atoms with Crippen LogP contribution in [0.3, 0.4) is 0 Å². The van der Waals surface area contributed by atoms with E-state index in [1.54, 1.807) is 6.33 Å². The quantitative estimate of drug-likeness (QED) is 0.907. The smallest absolute Gasteiger partial charge is 0.254 e. The number of hydrogen-bond acceptors (Lipinski definition) is 5. The predicted molar refractivity (Wildman–Crippen MR) is 81.5 cm³/mol. The van der Waals surface area contributed by atoms with Crippen LogP contribution in [-0.4, -0.2) is 44.8 Å². The lowest BCUT2D eigenvalue weighted by Gasteiger charge is -2.40. The van der Waals surface area contributed by atoms with Crippen LogP contribution in [0, 0.1) is 6.92 Å². The number of aromatic nitrogens is 4. The second kappa shape index (κ2) is 5.26. The minimum Gasteiger partial charge on any atom is -0.352 e. The zero-order chi connectivity index (χ0) is 14.2. The first kappa shape index (κ1) is 13.0. The summed E-state index contributed by atoms with van der Waals surface area (Å²) in [5, 5.41) is 8.06. The van der Waals surface area contributed by atoms with Gasteiger partial charge in [0.2, 0.25) is 0 Å². The summed E-state index contributed by atoms with van der Waals surface area (Å²) in [6.07, 6.45) is 8.01. The first-order valence-corrected chi connectivity index (χ1v) is 8.00. The summed E-state index contributed by atoms with van der Waals surface area (Å²) in [6.45, 7) is 4.29. The Balaban J connectivity index is 1.75. The molecule has 112 valence electrons. The van der Waals surface area contributed by atoms with Crippen molar-refractivity contribution in [1.29, 1.82) is 0 Å². The van der Waals surface area contributed by atoms with E-state index in [0.29, 0.717) is 17.9 Å². The van der Waals surface area contributed by atoms with Crippen LogP contribution in [0.25, 0.3) is 5.78 Å². The molecule has 0 bridgehead atoms.